The molecule has 0 aliphatic heterocycles. The molecular weight excluding hydrogens is 407 g/mol. The Labute approximate surface area is 166 Å². The van der Waals surface area contributed by atoms with Gasteiger partial charge in [-0.2, -0.15) is 0 Å². The molecule has 1 atom stereocenters. The lowest BCUT2D eigenvalue weighted by molar-refractivity contribution is 0.317. The van der Waals surface area contributed by atoms with Crippen molar-refractivity contribution in [1.82, 2.24) is 4.98 Å². The molecule has 3 rings (SSSR count). The Morgan fingerprint density at radius 3 is 2.48 bits per heavy atom. The van der Waals surface area contributed by atoms with Gasteiger partial charge in [-0.05, 0) is 66.9 Å². The number of hydrogen-bond acceptors (Lipinski definition) is 3. The largest absolute Gasteiger partial charge is 0.411 e. The van der Waals surface area contributed by atoms with Crippen LogP contribution in [-0.2, 0) is 0 Å². The summed E-state index contributed by atoms with van der Waals surface area (Å²) in [7, 11) is 0. The van der Waals surface area contributed by atoms with Crippen molar-refractivity contribution in [2.24, 2.45) is 5.16 Å². The number of aryl methyl sites for hydroxylation is 2. The van der Waals surface area contributed by atoms with Gasteiger partial charge in [0.2, 0.25) is 0 Å². The highest BCUT2D eigenvalue weighted by atomic mass is 79.9. The first-order valence-electron chi connectivity index (χ1n) is 8.63. The SMILES string of the molecule is Cc1cc(C(CC(c2ccc(Br)cc2)c2ccc(F)cc2C)=NO)ccn1. The van der Waals surface area contributed by atoms with E-state index in [4.69, 9.17) is 0 Å². The summed E-state index contributed by atoms with van der Waals surface area (Å²) < 4.78 is 14.6. The van der Waals surface area contributed by atoms with Crippen LogP contribution >= 0.6 is 15.9 Å². The average Bonchev–Trinajstić information content (AvgIpc) is 2.64. The molecule has 1 unspecified atom stereocenters. The maximum Gasteiger partial charge on any atom is 0.123 e. The highest BCUT2D eigenvalue weighted by molar-refractivity contribution is 9.10. The fourth-order valence-corrected chi connectivity index (χ4v) is 3.53. The van der Waals surface area contributed by atoms with Gasteiger partial charge in [0, 0.05) is 34.3 Å². The fraction of sp³-hybridized carbons (Fsp3) is 0.182. The van der Waals surface area contributed by atoms with Gasteiger partial charge >= 0.3 is 0 Å². The zero-order valence-corrected chi connectivity index (χ0v) is 16.7. The zero-order valence-electron chi connectivity index (χ0n) is 15.2. The first-order valence-corrected chi connectivity index (χ1v) is 9.42. The second-order valence-electron chi connectivity index (χ2n) is 6.54. The topological polar surface area (TPSA) is 45.5 Å². The smallest absolute Gasteiger partial charge is 0.123 e. The molecular formula is C22H20BrFN2O. The van der Waals surface area contributed by atoms with Gasteiger partial charge in [0.05, 0.1) is 5.71 Å². The Morgan fingerprint density at radius 2 is 1.85 bits per heavy atom. The first-order chi connectivity index (χ1) is 13.0. The second-order valence-corrected chi connectivity index (χ2v) is 7.46. The van der Waals surface area contributed by atoms with Crippen molar-refractivity contribution in [3.63, 3.8) is 0 Å². The van der Waals surface area contributed by atoms with Crippen molar-refractivity contribution in [1.29, 1.82) is 0 Å². The van der Waals surface area contributed by atoms with Gasteiger partial charge in [-0.25, -0.2) is 4.39 Å². The van der Waals surface area contributed by atoms with E-state index in [0.717, 1.165) is 32.4 Å². The van der Waals surface area contributed by atoms with Crippen LogP contribution in [0.15, 0.2) is 70.4 Å². The molecule has 1 aromatic heterocycles. The lowest BCUT2D eigenvalue weighted by atomic mass is 9.83. The number of rotatable bonds is 5. The number of pyridine rings is 1. The summed E-state index contributed by atoms with van der Waals surface area (Å²) in [5.74, 6) is -0.329. The Bertz CT molecular complexity index is 970. The molecule has 0 bridgehead atoms. The van der Waals surface area contributed by atoms with Crippen molar-refractivity contribution in [3.8, 4) is 0 Å². The van der Waals surface area contributed by atoms with Gasteiger partial charge in [-0.1, -0.05) is 39.3 Å². The molecule has 3 nitrogen and oxygen atoms in total. The summed E-state index contributed by atoms with van der Waals surface area (Å²) in [5.41, 5.74) is 5.19. The van der Waals surface area contributed by atoms with Gasteiger partial charge < -0.3 is 5.21 Å². The molecule has 5 heteroatoms. The van der Waals surface area contributed by atoms with Crippen LogP contribution in [-0.4, -0.2) is 15.9 Å². The van der Waals surface area contributed by atoms with Crippen molar-refractivity contribution < 1.29 is 9.60 Å². The molecule has 0 spiro atoms. The minimum atomic E-state index is -0.258. The number of aromatic nitrogens is 1. The maximum absolute atomic E-state index is 13.6. The standard InChI is InChI=1S/C22H20BrFN2O/c1-14-11-19(24)7-8-20(14)21(16-3-5-18(23)6-4-16)13-22(26-27)17-9-10-25-15(2)12-17/h3-12,21,27H,13H2,1-2H3. The normalized spacial score (nSPS) is 12.8. The van der Waals surface area contributed by atoms with Crippen molar-refractivity contribution in [2.45, 2.75) is 26.2 Å². The molecule has 0 radical (unpaired) electrons. The second kappa shape index (κ2) is 8.44. The highest BCUT2D eigenvalue weighted by Crippen LogP contribution is 2.33. The van der Waals surface area contributed by atoms with E-state index >= 15 is 0 Å². The Kier molecular flexibility index (Phi) is 6.01. The maximum atomic E-state index is 13.6. The molecule has 138 valence electrons. The van der Waals surface area contributed by atoms with Gasteiger partial charge in [-0.15, -0.1) is 0 Å². The van der Waals surface area contributed by atoms with E-state index in [2.05, 4.69) is 26.1 Å². The van der Waals surface area contributed by atoms with Gasteiger partial charge in [0.1, 0.15) is 5.82 Å². The van der Waals surface area contributed by atoms with E-state index in [1.807, 2.05) is 56.3 Å². The van der Waals surface area contributed by atoms with Crippen LogP contribution in [0.2, 0.25) is 0 Å². The van der Waals surface area contributed by atoms with Crippen molar-refractivity contribution in [2.75, 3.05) is 0 Å². The number of hydrogen-bond donors (Lipinski definition) is 1. The lowest BCUT2D eigenvalue weighted by Gasteiger charge is -2.21. The molecule has 0 saturated carbocycles. The summed E-state index contributed by atoms with van der Waals surface area (Å²) in [5, 5.41) is 13.2. The summed E-state index contributed by atoms with van der Waals surface area (Å²) in [6.45, 7) is 3.80. The van der Waals surface area contributed by atoms with E-state index in [1.165, 1.54) is 12.1 Å². The van der Waals surface area contributed by atoms with Crippen molar-refractivity contribution in [3.05, 3.63) is 99.0 Å². The molecule has 27 heavy (non-hydrogen) atoms. The van der Waals surface area contributed by atoms with E-state index in [0.29, 0.717) is 12.1 Å². The molecule has 1 heterocycles. The molecule has 0 fully saturated rings. The first kappa shape index (κ1) is 19.2. The molecule has 2 aromatic carbocycles. The van der Waals surface area contributed by atoms with Crippen LogP contribution < -0.4 is 0 Å². The fourth-order valence-electron chi connectivity index (χ4n) is 3.27. The third-order valence-corrected chi connectivity index (χ3v) is 5.16. The van der Waals surface area contributed by atoms with Crippen LogP contribution in [0.25, 0.3) is 0 Å². The van der Waals surface area contributed by atoms with Crippen molar-refractivity contribution >= 4 is 21.6 Å². The molecule has 0 amide bonds. The summed E-state index contributed by atoms with van der Waals surface area (Å²) in [6, 6.07) is 16.6. The lowest BCUT2D eigenvalue weighted by Crippen LogP contribution is -2.12. The molecule has 1 N–H and O–H groups in total. The van der Waals surface area contributed by atoms with E-state index in [-0.39, 0.29) is 11.7 Å². The van der Waals surface area contributed by atoms with E-state index in [9.17, 15) is 9.60 Å². The predicted octanol–water partition coefficient (Wildman–Crippen LogP) is 6.00. The summed E-state index contributed by atoms with van der Waals surface area (Å²) in [4.78, 5) is 4.20. The predicted molar refractivity (Wildman–Crippen MR) is 109 cm³/mol. The molecule has 0 aliphatic carbocycles. The van der Waals surface area contributed by atoms with E-state index in [1.54, 1.807) is 6.20 Å². The van der Waals surface area contributed by atoms with Gasteiger partial charge in [0.25, 0.3) is 0 Å². The summed E-state index contributed by atoms with van der Waals surface area (Å²) >= 11 is 3.46. The quantitative estimate of drug-likeness (QED) is 0.308. The number of oxime groups is 1. The van der Waals surface area contributed by atoms with E-state index < -0.39 is 0 Å². The van der Waals surface area contributed by atoms with Crippen LogP contribution in [0.4, 0.5) is 4.39 Å². The third-order valence-electron chi connectivity index (χ3n) is 4.63. The molecule has 3 aromatic rings. The Hall–Kier alpha value is -2.53. The minimum absolute atomic E-state index is 0.0712. The van der Waals surface area contributed by atoms with Gasteiger partial charge in [-0.3, -0.25) is 4.98 Å². The molecule has 0 aliphatic rings. The van der Waals surface area contributed by atoms with Gasteiger partial charge in [0.15, 0.2) is 0 Å². The van der Waals surface area contributed by atoms with Crippen LogP contribution in [0.3, 0.4) is 0 Å². The average molecular weight is 427 g/mol. The minimum Gasteiger partial charge on any atom is -0.411 e. The summed E-state index contributed by atoms with van der Waals surface area (Å²) in [6.07, 6.45) is 2.18. The van der Waals surface area contributed by atoms with Crippen LogP contribution in [0.1, 0.15) is 40.3 Å². The number of halogens is 2. The number of benzene rings is 2. The monoisotopic (exact) mass is 426 g/mol. The third kappa shape index (κ3) is 4.61. The highest BCUT2D eigenvalue weighted by Gasteiger charge is 2.21. The zero-order chi connectivity index (χ0) is 19.4. The van der Waals surface area contributed by atoms with Crippen LogP contribution in [0, 0.1) is 19.7 Å². The van der Waals surface area contributed by atoms with Crippen LogP contribution in [0.5, 0.6) is 0 Å². The Balaban J connectivity index is 2.05. The Morgan fingerprint density at radius 1 is 1.11 bits per heavy atom. The molecule has 0 saturated heterocycles. The number of nitrogens with zero attached hydrogens (tertiary/aromatic N) is 2.